The molecular weight excluding hydrogens is 356 g/mol. The number of hydrazone groups is 1. The molecule has 0 radical (unpaired) electrons. The largest absolute Gasteiger partial charge is 0.508 e. The number of hydrogen-bond acceptors (Lipinski definition) is 5. The Balaban J connectivity index is 1.60. The lowest BCUT2D eigenvalue weighted by molar-refractivity contribution is 0.0952. The Morgan fingerprint density at radius 1 is 1.07 bits per heavy atom. The molecule has 0 bridgehead atoms. The van der Waals surface area contributed by atoms with Gasteiger partial charge >= 0.3 is 0 Å². The van der Waals surface area contributed by atoms with Gasteiger partial charge in [0.1, 0.15) is 23.9 Å². The van der Waals surface area contributed by atoms with Gasteiger partial charge in [0.05, 0.1) is 11.8 Å². The van der Waals surface area contributed by atoms with Gasteiger partial charge in [-0.25, -0.2) is 5.43 Å². The molecule has 0 fully saturated rings. The average molecular weight is 376 g/mol. The zero-order valence-corrected chi connectivity index (χ0v) is 15.3. The molecule has 0 saturated carbocycles. The van der Waals surface area contributed by atoms with Gasteiger partial charge in [-0.3, -0.25) is 4.79 Å². The molecule has 1 amide bonds. The first-order valence-electron chi connectivity index (χ1n) is 8.65. The minimum absolute atomic E-state index is 0.0626. The third-order valence-corrected chi connectivity index (χ3v) is 3.95. The molecule has 0 atom stereocenters. The molecule has 0 aliphatic rings. The van der Waals surface area contributed by atoms with E-state index in [1.54, 1.807) is 6.07 Å². The lowest BCUT2D eigenvalue weighted by Crippen LogP contribution is -2.17. The lowest BCUT2D eigenvalue weighted by atomic mass is 10.1. The van der Waals surface area contributed by atoms with Gasteiger partial charge in [-0.15, -0.1) is 0 Å². The average Bonchev–Trinajstić information content (AvgIpc) is 2.68. The van der Waals surface area contributed by atoms with Crippen LogP contribution in [0.2, 0.25) is 0 Å². The van der Waals surface area contributed by atoms with Crippen molar-refractivity contribution in [2.45, 2.75) is 13.5 Å². The van der Waals surface area contributed by atoms with Crippen LogP contribution in [0.25, 0.3) is 0 Å². The van der Waals surface area contributed by atoms with Crippen LogP contribution in [0.15, 0.2) is 71.8 Å². The summed E-state index contributed by atoms with van der Waals surface area (Å²) >= 11 is 0. The zero-order chi connectivity index (χ0) is 19.9. The van der Waals surface area contributed by atoms with Crippen LogP contribution >= 0.6 is 0 Å². The maximum absolute atomic E-state index is 12.0. The van der Waals surface area contributed by atoms with E-state index in [2.05, 4.69) is 16.6 Å². The van der Waals surface area contributed by atoms with Crippen LogP contribution in [0.4, 0.5) is 0 Å². The Kier molecular flexibility index (Phi) is 5.91. The number of nitrogens with zero attached hydrogens (tertiary/aromatic N) is 1. The fraction of sp³-hybridized carbons (Fsp3) is 0.0909. The van der Waals surface area contributed by atoms with Crippen molar-refractivity contribution in [2.24, 2.45) is 5.10 Å². The van der Waals surface area contributed by atoms with Crippen LogP contribution in [0.1, 0.15) is 27.0 Å². The summed E-state index contributed by atoms with van der Waals surface area (Å²) in [5.41, 5.74) is 5.25. The highest BCUT2D eigenvalue weighted by Crippen LogP contribution is 2.21. The van der Waals surface area contributed by atoms with E-state index in [4.69, 9.17) is 4.74 Å². The summed E-state index contributed by atoms with van der Waals surface area (Å²) in [6.45, 7) is 2.49. The molecule has 3 aromatic carbocycles. The number of phenols is 2. The SMILES string of the molecule is Cc1cccc(COc2cccc(C=NNC(=O)c3cc(O)ccc3O)c2)c1. The minimum atomic E-state index is -0.628. The predicted molar refractivity (Wildman–Crippen MR) is 107 cm³/mol. The van der Waals surface area contributed by atoms with E-state index in [-0.39, 0.29) is 17.1 Å². The second-order valence-electron chi connectivity index (χ2n) is 6.25. The van der Waals surface area contributed by atoms with Gasteiger partial charge in [0.25, 0.3) is 5.91 Å². The first-order chi connectivity index (χ1) is 13.5. The van der Waals surface area contributed by atoms with Gasteiger partial charge in [0.15, 0.2) is 0 Å². The summed E-state index contributed by atoms with van der Waals surface area (Å²) in [6.07, 6.45) is 1.47. The number of ether oxygens (including phenoxy) is 1. The maximum Gasteiger partial charge on any atom is 0.275 e. The number of aryl methyl sites for hydroxylation is 1. The summed E-state index contributed by atoms with van der Waals surface area (Å²) < 4.78 is 5.80. The number of aromatic hydroxyl groups is 2. The van der Waals surface area contributed by atoms with E-state index in [1.165, 1.54) is 30.0 Å². The summed E-state index contributed by atoms with van der Waals surface area (Å²) in [7, 11) is 0. The quantitative estimate of drug-likeness (QED) is 0.347. The Bertz CT molecular complexity index is 1010. The van der Waals surface area contributed by atoms with E-state index >= 15 is 0 Å². The summed E-state index contributed by atoms with van der Waals surface area (Å²) in [5.74, 6) is -0.304. The molecule has 6 heteroatoms. The van der Waals surface area contributed by atoms with Gasteiger partial charge in [0.2, 0.25) is 0 Å². The first-order valence-corrected chi connectivity index (χ1v) is 8.65. The molecule has 0 aromatic heterocycles. The van der Waals surface area contributed by atoms with Gasteiger partial charge in [0, 0.05) is 0 Å². The molecule has 0 aliphatic carbocycles. The molecule has 0 aliphatic heterocycles. The molecule has 6 nitrogen and oxygen atoms in total. The molecule has 142 valence electrons. The molecule has 3 N–H and O–H groups in total. The van der Waals surface area contributed by atoms with Crippen LogP contribution in [-0.4, -0.2) is 22.3 Å². The molecular formula is C22H20N2O4. The fourth-order valence-corrected chi connectivity index (χ4v) is 2.58. The van der Waals surface area contributed by atoms with Crippen LogP contribution in [0.3, 0.4) is 0 Å². The van der Waals surface area contributed by atoms with Crippen molar-refractivity contribution in [2.75, 3.05) is 0 Å². The minimum Gasteiger partial charge on any atom is -0.508 e. The number of benzene rings is 3. The number of hydrogen-bond donors (Lipinski definition) is 3. The van der Waals surface area contributed by atoms with Crippen molar-refractivity contribution >= 4 is 12.1 Å². The van der Waals surface area contributed by atoms with Crippen molar-refractivity contribution in [1.29, 1.82) is 0 Å². The van der Waals surface area contributed by atoms with Crippen molar-refractivity contribution in [3.8, 4) is 17.2 Å². The third-order valence-electron chi connectivity index (χ3n) is 3.95. The van der Waals surface area contributed by atoms with E-state index in [9.17, 15) is 15.0 Å². The van der Waals surface area contributed by atoms with E-state index in [1.807, 2.05) is 43.3 Å². The highest BCUT2D eigenvalue weighted by Gasteiger charge is 2.11. The number of carbonyl (C=O) groups is 1. The van der Waals surface area contributed by atoms with E-state index in [0.717, 1.165) is 11.1 Å². The monoisotopic (exact) mass is 376 g/mol. The molecule has 0 spiro atoms. The van der Waals surface area contributed by atoms with Crippen molar-refractivity contribution in [3.63, 3.8) is 0 Å². The maximum atomic E-state index is 12.0. The molecule has 0 unspecified atom stereocenters. The van der Waals surface area contributed by atoms with Crippen molar-refractivity contribution in [3.05, 3.63) is 89.0 Å². The first kappa shape index (κ1) is 19.0. The van der Waals surface area contributed by atoms with Crippen molar-refractivity contribution in [1.82, 2.24) is 5.43 Å². The number of carbonyl (C=O) groups excluding carboxylic acids is 1. The molecule has 3 aromatic rings. The third kappa shape index (κ3) is 5.11. The van der Waals surface area contributed by atoms with Gasteiger partial charge in [-0.2, -0.15) is 5.10 Å². The topological polar surface area (TPSA) is 91.2 Å². The number of rotatable bonds is 6. The standard InChI is InChI=1S/C22H20N2O4/c1-15-4-2-6-17(10-15)14-28-19-7-3-5-16(11-19)13-23-24-22(27)20-12-18(25)8-9-21(20)26/h2-13,25-26H,14H2,1H3,(H,24,27). The Morgan fingerprint density at radius 2 is 1.89 bits per heavy atom. The molecule has 0 saturated heterocycles. The molecule has 28 heavy (non-hydrogen) atoms. The van der Waals surface area contributed by atoms with Gasteiger partial charge < -0.3 is 14.9 Å². The molecule has 0 heterocycles. The Labute approximate surface area is 162 Å². The van der Waals surface area contributed by atoms with E-state index < -0.39 is 5.91 Å². The molecule has 3 rings (SSSR count). The summed E-state index contributed by atoms with van der Waals surface area (Å²) in [4.78, 5) is 12.0. The summed E-state index contributed by atoms with van der Waals surface area (Å²) in [6, 6.07) is 19.1. The van der Waals surface area contributed by atoms with Crippen molar-refractivity contribution < 1.29 is 19.7 Å². The van der Waals surface area contributed by atoms with Gasteiger partial charge in [-0.05, 0) is 48.4 Å². The summed E-state index contributed by atoms with van der Waals surface area (Å²) in [5, 5.41) is 23.0. The predicted octanol–water partition coefficient (Wildman–Crippen LogP) is 3.75. The lowest BCUT2D eigenvalue weighted by Gasteiger charge is -2.07. The highest BCUT2D eigenvalue weighted by molar-refractivity contribution is 5.97. The smallest absolute Gasteiger partial charge is 0.275 e. The van der Waals surface area contributed by atoms with Gasteiger partial charge in [-0.1, -0.05) is 42.0 Å². The fourth-order valence-electron chi connectivity index (χ4n) is 2.58. The van der Waals surface area contributed by atoms with Crippen LogP contribution in [0, 0.1) is 6.92 Å². The second kappa shape index (κ2) is 8.73. The van der Waals surface area contributed by atoms with Crippen LogP contribution in [-0.2, 0) is 6.61 Å². The highest BCUT2D eigenvalue weighted by atomic mass is 16.5. The second-order valence-corrected chi connectivity index (χ2v) is 6.25. The Morgan fingerprint density at radius 3 is 2.71 bits per heavy atom. The normalized spacial score (nSPS) is 10.8. The van der Waals surface area contributed by atoms with Crippen LogP contribution in [0.5, 0.6) is 17.2 Å². The number of amides is 1. The number of phenolic OH excluding ortho intramolecular Hbond substituents is 2. The number of nitrogens with one attached hydrogen (secondary N) is 1. The Hall–Kier alpha value is -3.80. The van der Waals surface area contributed by atoms with E-state index in [0.29, 0.717) is 12.4 Å². The zero-order valence-electron chi connectivity index (χ0n) is 15.3. The van der Waals surface area contributed by atoms with Crippen LogP contribution < -0.4 is 10.2 Å².